The third kappa shape index (κ3) is 4.79. The second-order valence-electron chi connectivity index (χ2n) is 3.47. The molecule has 4 heteroatoms. The number of hydrogen-bond acceptors (Lipinski definition) is 2. The summed E-state index contributed by atoms with van der Waals surface area (Å²) in [5.74, 6) is -0.205. The van der Waals surface area contributed by atoms with Crippen molar-refractivity contribution in [2.75, 3.05) is 18.5 Å². The molecule has 0 spiro atoms. The molecule has 0 heterocycles. The van der Waals surface area contributed by atoms with E-state index in [2.05, 4.69) is 27.9 Å². The summed E-state index contributed by atoms with van der Waals surface area (Å²) < 4.78 is 19.1. The quantitative estimate of drug-likeness (QED) is 0.663. The van der Waals surface area contributed by atoms with Crippen LogP contribution in [0, 0.1) is 9.39 Å². The largest absolute Gasteiger partial charge is 0.382 e. The lowest BCUT2D eigenvalue weighted by Crippen LogP contribution is -2.13. The highest BCUT2D eigenvalue weighted by Gasteiger charge is 2.00. The van der Waals surface area contributed by atoms with Crippen LogP contribution in [0.3, 0.4) is 0 Å². The van der Waals surface area contributed by atoms with E-state index < -0.39 is 0 Å². The van der Waals surface area contributed by atoms with Crippen molar-refractivity contribution in [1.29, 1.82) is 0 Å². The molecule has 2 nitrogen and oxygen atoms in total. The van der Waals surface area contributed by atoms with Crippen LogP contribution < -0.4 is 5.32 Å². The van der Waals surface area contributed by atoms with Gasteiger partial charge < -0.3 is 10.1 Å². The van der Waals surface area contributed by atoms with Gasteiger partial charge in [-0.25, -0.2) is 4.39 Å². The van der Waals surface area contributed by atoms with Crippen molar-refractivity contribution < 1.29 is 9.13 Å². The van der Waals surface area contributed by atoms with E-state index in [-0.39, 0.29) is 11.9 Å². The van der Waals surface area contributed by atoms with Gasteiger partial charge in [0.2, 0.25) is 0 Å². The maximum atomic E-state index is 12.8. The summed E-state index contributed by atoms with van der Waals surface area (Å²) in [6.45, 7) is 5.40. The summed E-state index contributed by atoms with van der Waals surface area (Å²) in [5, 5.41) is 3.20. The molecule has 0 radical (unpaired) electrons. The molecule has 0 aliphatic rings. The van der Waals surface area contributed by atoms with E-state index in [1.807, 2.05) is 13.8 Å². The smallest absolute Gasteiger partial charge is 0.124 e. The highest BCUT2D eigenvalue weighted by atomic mass is 127. The van der Waals surface area contributed by atoms with Crippen LogP contribution in [0.2, 0.25) is 0 Å². The third-order valence-corrected chi connectivity index (χ3v) is 2.69. The van der Waals surface area contributed by atoms with Gasteiger partial charge in [0.15, 0.2) is 0 Å². The summed E-state index contributed by atoms with van der Waals surface area (Å²) in [7, 11) is 0. The van der Waals surface area contributed by atoms with Crippen LogP contribution in [-0.2, 0) is 4.74 Å². The molecule has 84 valence electrons. The van der Waals surface area contributed by atoms with Crippen LogP contribution in [-0.4, -0.2) is 19.3 Å². The molecule has 0 aromatic heterocycles. The molecule has 0 saturated heterocycles. The number of rotatable bonds is 5. The Hall–Kier alpha value is -0.360. The molecular weight excluding hydrogens is 308 g/mol. The lowest BCUT2D eigenvalue weighted by molar-refractivity contribution is 0.0870. The zero-order valence-corrected chi connectivity index (χ0v) is 11.0. The Morgan fingerprint density at radius 2 is 2.20 bits per heavy atom. The van der Waals surface area contributed by atoms with Crippen LogP contribution >= 0.6 is 22.6 Å². The van der Waals surface area contributed by atoms with Crippen LogP contribution in [0.25, 0.3) is 0 Å². The Morgan fingerprint density at radius 1 is 1.47 bits per heavy atom. The molecule has 1 N–H and O–H groups in total. The molecule has 0 fully saturated rings. The number of nitrogens with one attached hydrogen (secondary N) is 1. The molecule has 0 saturated carbocycles. The fourth-order valence-electron chi connectivity index (χ4n) is 1.11. The first-order valence-corrected chi connectivity index (χ1v) is 5.98. The van der Waals surface area contributed by atoms with E-state index in [0.29, 0.717) is 6.61 Å². The third-order valence-electron chi connectivity index (χ3n) is 1.80. The number of hydrogen-bond donors (Lipinski definition) is 1. The van der Waals surface area contributed by atoms with Gasteiger partial charge in [-0.05, 0) is 54.6 Å². The Balaban J connectivity index is 2.37. The normalized spacial score (nSPS) is 10.7. The van der Waals surface area contributed by atoms with Gasteiger partial charge in [0.05, 0.1) is 12.7 Å². The molecule has 0 bridgehead atoms. The Bertz CT molecular complexity index is 317. The Labute approximate surface area is 103 Å². The predicted octanol–water partition coefficient (Wildman–Crippen LogP) is 3.27. The lowest BCUT2D eigenvalue weighted by atomic mass is 10.3. The topological polar surface area (TPSA) is 21.3 Å². The number of ether oxygens (including phenoxy) is 1. The van der Waals surface area contributed by atoms with E-state index in [9.17, 15) is 4.39 Å². The predicted molar refractivity (Wildman–Crippen MR) is 68.7 cm³/mol. The average Bonchev–Trinajstić information content (AvgIpc) is 2.14. The molecule has 15 heavy (non-hydrogen) atoms. The van der Waals surface area contributed by atoms with Crippen LogP contribution in [0.4, 0.5) is 10.1 Å². The van der Waals surface area contributed by atoms with E-state index in [4.69, 9.17) is 4.74 Å². The second kappa shape index (κ2) is 6.27. The second-order valence-corrected chi connectivity index (χ2v) is 4.63. The molecular formula is C11H15FINO. The molecule has 1 aromatic carbocycles. The number of anilines is 1. The van der Waals surface area contributed by atoms with Gasteiger partial charge in [-0.1, -0.05) is 0 Å². The first kappa shape index (κ1) is 12.7. The maximum absolute atomic E-state index is 12.8. The highest BCUT2D eigenvalue weighted by molar-refractivity contribution is 14.1. The van der Waals surface area contributed by atoms with E-state index >= 15 is 0 Å². The van der Waals surface area contributed by atoms with Gasteiger partial charge in [-0.2, -0.15) is 0 Å². The van der Waals surface area contributed by atoms with Gasteiger partial charge >= 0.3 is 0 Å². The molecule has 0 unspecified atom stereocenters. The van der Waals surface area contributed by atoms with Crippen molar-refractivity contribution in [2.45, 2.75) is 20.0 Å². The van der Waals surface area contributed by atoms with Crippen molar-refractivity contribution in [2.24, 2.45) is 0 Å². The van der Waals surface area contributed by atoms with E-state index in [1.165, 1.54) is 12.1 Å². The van der Waals surface area contributed by atoms with Gasteiger partial charge in [0.25, 0.3) is 0 Å². The summed E-state index contributed by atoms with van der Waals surface area (Å²) in [6, 6.07) is 4.70. The minimum atomic E-state index is -0.205. The summed E-state index contributed by atoms with van der Waals surface area (Å²) in [5.41, 5.74) is 0.948. The SMILES string of the molecule is CC(C)OCCNc1ccc(F)cc1I. The average molecular weight is 323 g/mol. The zero-order valence-electron chi connectivity index (χ0n) is 8.89. The maximum Gasteiger partial charge on any atom is 0.124 e. The fraction of sp³-hybridized carbons (Fsp3) is 0.455. The van der Waals surface area contributed by atoms with Crippen molar-refractivity contribution in [3.05, 3.63) is 27.6 Å². The highest BCUT2D eigenvalue weighted by Crippen LogP contribution is 2.18. The molecule has 0 aliphatic heterocycles. The Morgan fingerprint density at radius 3 is 2.80 bits per heavy atom. The standard InChI is InChI=1S/C11H15FINO/c1-8(2)15-6-5-14-11-4-3-9(12)7-10(11)13/h3-4,7-8,14H,5-6H2,1-2H3. The number of benzene rings is 1. The van der Waals surface area contributed by atoms with Crippen LogP contribution in [0.15, 0.2) is 18.2 Å². The monoisotopic (exact) mass is 323 g/mol. The first-order valence-electron chi connectivity index (χ1n) is 4.90. The zero-order chi connectivity index (χ0) is 11.3. The van der Waals surface area contributed by atoms with E-state index in [0.717, 1.165) is 15.8 Å². The minimum absolute atomic E-state index is 0.205. The van der Waals surface area contributed by atoms with Crippen LogP contribution in [0.5, 0.6) is 0 Å². The summed E-state index contributed by atoms with van der Waals surface area (Å²) in [4.78, 5) is 0. The Kier molecular flexibility index (Phi) is 5.31. The molecule has 1 aromatic rings. The molecule has 0 amide bonds. The van der Waals surface area contributed by atoms with Crippen LogP contribution in [0.1, 0.15) is 13.8 Å². The van der Waals surface area contributed by atoms with Gasteiger partial charge in [0, 0.05) is 15.8 Å². The lowest BCUT2D eigenvalue weighted by Gasteiger charge is -2.10. The minimum Gasteiger partial charge on any atom is -0.382 e. The molecule has 0 atom stereocenters. The van der Waals surface area contributed by atoms with Gasteiger partial charge in [-0.3, -0.25) is 0 Å². The molecule has 1 rings (SSSR count). The van der Waals surface area contributed by atoms with Crippen molar-refractivity contribution in [3.63, 3.8) is 0 Å². The van der Waals surface area contributed by atoms with Gasteiger partial charge in [0.1, 0.15) is 5.82 Å². The summed E-state index contributed by atoms with van der Waals surface area (Å²) >= 11 is 2.11. The van der Waals surface area contributed by atoms with E-state index in [1.54, 1.807) is 6.07 Å². The van der Waals surface area contributed by atoms with Crippen molar-refractivity contribution >= 4 is 28.3 Å². The van der Waals surface area contributed by atoms with Crippen molar-refractivity contribution in [3.8, 4) is 0 Å². The van der Waals surface area contributed by atoms with Crippen molar-refractivity contribution in [1.82, 2.24) is 0 Å². The number of halogens is 2. The fourth-order valence-corrected chi connectivity index (χ4v) is 1.78. The molecule has 0 aliphatic carbocycles. The summed E-state index contributed by atoms with van der Waals surface area (Å²) in [6.07, 6.45) is 0.249. The van der Waals surface area contributed by atoms with Gasteiger partial charge in [-0.15, -0.1) is 0 Å². The first-order chi connectivity index (χ1) is 7.09.